The number of benzene rings is 1. The Balaban J connectivity index is 1.91. The number of hydrogen-bond acceptors (Lipinski definition) is 3. The third kappa shape index (κ3) is 3.72. The second-order valence-electron chi connectivity index (χ2n) is 4.15. The van der Waals surface area contributed by atoms with Crippen LogP contribution in [0.2, 0.25) is 5.02 Å². The smallest absolute Gasteiger partial charge is 0.263 e. The van der Waals surface area contributed by atoms with Crippen molar-refractivity contribution in [1.82, 2.24) is 9.78 Å². The predicted octanol–water partition coefficient (Wildman–Crippen LogP) is 2.40. The number of amides is 1. The zero-order chi connectivity index (χ0) is 13.8. The van der Waals surface area contributed by atoms with Crippen LogP contribution < -0.4 is 10.1 Å². The van der Waals surface area contributed by atoms with Gasteiger partial charge in [0.25, 0.3) is 5.91 Å². The zero-order valence-electron chi connectivity index (χ0n) is 10.7. The van der Waals surface area contributed by atoms with Crippen molar-refractivity contribution in [2.75, 3.05) is 11.9 Å². The van der Waals surface area contributed by atoms with Crippen LogP contribution in [0, 0.1) is 6.92 Å². The summed E-state index contributed by atoms with van der Waals surface area (Å²) in [7, 11) is 1.78. The summed E-state index contributed by atoms with van der Waals surface area (Å²) in [6, 6.07) is 7.11. The van der Waals surface area contributed by atoms with Crippen molar-refractivity contribution in [2.45, 2.75) is 6.92 Å². The first-order valence-electron chi connectivity index (χ1n) is 5.73. The molecule has 1 amide bonds. The van der Waals surface area contributed by atoms with Crippen LogP contribution in [0.3, 0.4) is 0 Å². The number of carbonyl (C=O) groups is 1. The predicted molar refractivity (Wildman–Crippen MR) is 73.5 cm³/mol. The van der Waals surface area contributed by atoms with Gasteiger partial charge in [-0.05, 0) is 24.6 Å². The highest BCUT2D eigenvalue weighted by molar-refractivity contribution is 6.32. The van der Waals surface area contributed by atoms with Crippen molar-refractivity contribution in [3.8, 4) is 5.75 Å². The lowest BCUT2D eigenvalue weighted by atomic mass is 10.2. The quantitative estimate of drug-likeness (QED) is 0.935. The number of aromatic nitrogens is 2. The van der Waals surface area contributed by atoms with Gasteiger partial charge in [0.2, 0.25) is 0 Å². The summed E-state index contributed by atoms with van der Waals surface area (Å²) in [5.74, 6) is 0.709. The minimum Gasteiger partial charge on any atom is -0.482 e. The molecule has 0 radical (unpaired) electrons. The molecule has 0 aliphatic carbocycles. The lowest BCUT2D eigenvalue weighted by molar-refractivity contribution is -0.118. The van der Waals surface area contributed by atoms with E-state index in [1.807, 2.05) is 13.0 Å². The number of rotatable bonds is 4. The second-order valence-corrected chi connectivity index (χ2v) is 4.55. The third-order valence-corrected chi connectivity index (χ3v) is 2.74. The van der Waals surface area contributed by atoms with Crippen molar-refractivity contribution < 1.29 is 9.53 Å². The Labute approximate surface area is 116 Å². The Hall–Kier alpha value is -2.01. The van der Waals surface area contributed by atoms with Gasteiger partial charge in [0.05, 0.1) is 5.02 Å². The Morgan fingerprint density at radius 3 is 2.95 bits per heavy atom. The molecule has 0 aliphatic rings. The van der Waals surface area contributed by atoms with Crippen LogP contribution in [0.4, 0.5) is 5.82 Å². The number of anilines is 1. The lowest BCUT2D eigenvalue weighted by Crippen LogP contribution is -2.20. The van der Waals surface area contributed by atoms with E-state index in [0.29, 0.717) is 16.6 Å². The lowest BCUT2D eigenvalue weighted by Gasteiger charge is -2.08. The van der Waals surface area contributed by atoms with Crippen LogP contribution in [-0.2, 0) is 11.8 Å². The fourth-order valence-corrected chi connectivity index (χ4v) is 1.70. The molecule has 5 nitrogen and oxygen atoms in total. The summed E-state index contributed by atoms with van der Waals surface area (Å²) >= 11 is 5.97. The summed E-state index contributed by atoms with van der Waals surface area (Å²) in [5, 5.41) is 7.15. The van der Waals surface area contributed by atoms with Gasteiger partial charge in [-0.25, -0.2) is 0 Å². The maximum atomic E-state index is 11.7. The van der Waals surface area contributed by atoms with Crippen LogP contribution in [0.1, 0.15) is 5.56 Å². The molecule has 1 aromatic heterocycles. The maximum Gasteiger partial charge on any atom is 0.263 e. The first kappa shape index (κ1) is 13.4. The summed E-state index contributed by atoms with van der Waals surface area (Å²) in [5.41, 5.74) is 1.02. The summed E-state index contributed by atoms with van der Waals surface area (Å²) in [6.07, 6.45) is 1.74. The van der Waals surface area contributed by atoms with E-state index < -0.39 is 0 Å². The highest BCUT2D eigenvalue weighted by Gasteiger charge is 2.07. The molecular formula is C13H14ClN3O2. The Morgan fingerprint density at radius 2 is 2.26 bits per heavy atom. The van der Waals surface area contributed by atoms with E-state index in [1.54, 1.807) is 36.1 Å². The van der Waals surface area contributed by atoms with E-state index in [0.717, 1.165) is 5.56 Å². The zero-order valence-corrected chi connectivity index (χ0v) is 11.4. The average molecular weight is 280 g/mol. The fraction of sp³-hybridized carbons (Fsp3) is 0.231. The number of carbonyl (C=O) groups excluding carboxylic acids is 1. The van der Waals surface area contributed by atoms with Crippen LogP contribution in [0.5, 0.6) is 5.75 Å². The Kier molecular flexibility index (Phi) is 4.06. The molecule has 1 N–H and O–H groups in total. The van der Waals surface area contributed by atoms with Gasteiger partial charge in [0, 0.05) is 19.3 Å². The molecule has 1 aromatic carbocycles. The summed E-state index contributed by atoms with van der Waals surface area (Å²) < 4.78 is 6.98. The molecule has 0 atom stereocenters. The number of halogens is 1. The van der Waals surface area contributed by atoms with Gasteiger partial charge in [-0.1, -0.05) is 17.7 Å². The van der Waals surface area contributed by atoms with Crippen LogP contribution in [-0.4, -0.2) is 22.3 Å². The first-order chi connectivity index (χ1) is 9.04. The number of aryl methyl sites for hydroxylation is 2. The van der Waals surface area contributed by atoms with Crippen LogP contribution in [0.25, 0.3) is 0 Å². The number of ether oxygens (including phenoxy) is 1. The molecular weight excluding hydrogens is 266 g/mol. The highest BCUT2D eigenvalue weighted by Crippen LogP contribution is 2.25. The normalized spacial score (nSPS) is 10.3. The number of nitrogens with zero attached hydrogens (tertiary/aromatic N) is 2. The fourth-order valence-electron chi connectivity index (χ4n) is 1.53. The van der Waals surface area contributed by atoms with Crippen molar-refractivity contribution in [3.05, 3.63) is 41.0 Å². The van der Waals surface area contributed by atoms with Crippen molar-refractivity contribution in [1.29, 1.82) is 0 Å². The summed E-state index contributed by atoms with van der Waals surface area (Å²) in [6.45, 7) is 1.82. The standard InChI is InChI=1S/C13H14ClN3O2/c1-9-3-4-10(14)11(7-9)19-8-13(18)15-12-5-6-17(2)16-12/h3-7H,8H2,1-2H3,(H,15,16,18). The molecule has 0 spiro atoms. The van der Waals surface area contributed by atoms with Crippen molar-refractivity contribution >= 4 is 23.3 Å². The average Bonchev–Trinajstić information content (AvgIpc) is 2.76. The molecule has 0 bridgehead atoms. The van der Waals surface area contributed by atoms with Gasteiger partial charge in [-0.15, -0.1) is 0 Å². The molecule has 0 saturated carbocycles. The molecule has 2 aromatic rings. The van der Waals surface area contributed by atoms with E-state index in [1.165, 1.54) is 0 Å². The molecule has 1 heterocycles. The van der Waals surface area contributed by atoms with Gasteiger partial charge in [0.1, 0.15) is 5.75 Å². The van der Waals surface area contributed by atoms with Gasteiger partial charge >= 0.3 is 0 Å². The van der Waals surface area contributed by atoms with Gasteiger partial charge in [0.15, 0.2) is 12.4 Å². The Bertz CT molecular complexity index is 595. The monoisotopic (exact) mass is 279 g/mol. The van der Waals surface area contributed by atoms with E-state index in [2.05, 4.69) is 10.4 Å². The van der Waals surface area contributed by atoms with Crippen molar-refractivity contribution in [3.63, 3.8) is 0 Å². The molecule has 0 unspecified atom stereocenters. The maximum absolute atomic E-state index is 11.7. The van der Waals surface area contributed by atoms with Crippen LogP contribution >= 0.6 is 11.6 Å². The van der Waals surface area contributed by atoms with Gasteiger partial charge in [-0.3, -0.25) is 9.48 Å². The molecule has 0 fully saturated rings. The first-order valence-corrected chi connectivity index (χ1v) is 6.11. The SMILES string of the molecule is Cc1ccc(Cl)c(OCC(=O)Nc2ccn(C)n2)c1. The van der Waals surface area contributed by atoms with Gasteiger partial charge in [-0.2, -0.15) is 5.10 Å². The van der Waals surface area contributed by atoms with Crippen molar-refractivity contribution in [2.24, 2.45) is 7.05 Å². The molecule has 19 heavy (non-hydrogen) atoms. The molecule has 0 saturated heterocycles. The van der Waals surface area contributed by atoms with E-state index in [-0.39, 0.29) is 12.5 Å². The van der Waals surface area contributed by atoms with Crippen LogP contribution in [0.15, 0.2) is 30.5 Å². The topological polar surface area (TPSA) is 56.1 Å². The number of hydrogen-bond donors (Lipinski definition) is 1. The number of nitrogens with one attached hydrogen (secondary N) is 1. The molecule has 100 valence electrons. The van der Waals surface area contributed by atoms with E-state index >= 15 is 0 Å². The largest absolute Gasteiger partial charge is 0.482 e. The van der Waals surface area contributed by atoms with E-state index in [9.17, 15) is 4.79 Å². The second kappa shape index (κ2) is 5.75. The highest BCUT2D eigenvalue weighted by atomic mass is 35.5. The Morgan fingerprint density at radius 1 is 1.47 bits per heavy atom. The molecule has 2 rings (SSSR count). The third-order valence-electron chi connectivity index (χ3n) is 2.43. The molecule has 0 aliphatic heterocycles. The minimum atomic E-state index is -0.281. The van der Waals surface area contributed by atoms with Gasteiger partial charge < -0.3 is 10.1 Å². The summed E-state index contributed by atoms with van der Waals surface area (Å²) in [4.78, 5) is 11.7. The van der Waals surface area contributed by atoms with E-state index in [4.69, 9.17) is 16.3 Å². The molecule has 6 heteroatoms. The minimum absolute atomic E-state index is 0.111.